The molecule has 3 heteroatoms. The molecule has 0 spiro atoms. The molecule has 20 heavy (non-hydrogen) atoms. The van der Waals surface area contributed by atoms with Crippen LogP contribution in [-0.2, 0) is 9.47 Å². The van der Waals surface area contributed by atoms with E-state index in [4.69, 9.17) is 9.47 Å². The van der Waals surface area contributed by atoms with E-state index in [0.29, 0.717) is 11.5 Å². The van der Waals surface area contributed by atoms with E-state index in [1.165, 1.54) is 38.5 Å². The predicted molar refractivity (Wildman–Crippen MR) is 80.9 cm³/mol. The fraction of sp³-hybridized carbons (Fsp3) is 1.00. The quantitative estimate of drug-likeness (QED) is 0.741. The summed E-state index contributed by atoms with van der Waals surface area (Å²) >= 11 is 0. The van der Waals surface area contributed by atoms with Crippen molar-refractivity contribution in [3.05, 3.63) is 0 Å². The van der Waals surface area contributed by atoms with Gasteiger partial charge >= 0.3 is 0 Å². The molecule has 1 N–H and O–H groups in total. The van der Waals surface area contributed by atoms with Crippen LogP contribution in [0.4, 0.5) is 0 Å². The van der Waals surface area contributed by atoms with Gasteiger partial charge in [0.1, 0.15) is 0 Å². The molecule has 1 heterocycles. The lowest BCUT2D eigenvalue weighted by Crippen LogP contribution is -2.44. The Bertz CT molecular complexity index is 336. The highest BCUT2D eigenvalue weighted by molar-refractivity contribution is 5.02. The number of nitrogens with one attached hydrogen (secondary N) is 1. The van der Waals surface area contributed by atoms with Crippen LogP contribution >= 0.6 is 0 Å². The zero-order chi connectivity index (χ0) is 14.2. The van der Waals surface area contributed by atoms with E-state index < -0.39 is 0 Å². The molecule has 0 radical (unpaired) electrons. The summed E-state index contributed by atoms with van der Waals surface area (Å²) in [5, 5.41) is 3.79. The minimum atomic E-state index is -0.0106. The molecule has 3 fully saturated rings. The molecule has 3 rings (SSSR count). The SMILES string of the molecule is COC(C)(C)CCC1(CNC2CC2)CCOC1C1CC1. The smallest absolute Gasteiger partial charge is 0.0672 e. The standard InChI is InChI=1S/C17H31NO2/c1-16(2,19-3)8-9-17(12-18-14-6-7-14)10-11-20-15(17)13-4-5-13/h13-15,18H,4-12H2,1-3H3. The molecule has 2 unspecified atom stereocenters. The Balaban J connectivity index is 1.65. The molecule has 1 saturated heterocycles. The van der Waals surface area contributed by atoms with E-state index in [9.17, 15) is 0 Å². The minimum Gasteiger partial charge on any atom is -0.379 e. The van der Waals surface area contributed by atoms with Crippen LogP contribution in [0.25, 0.3) is 0 Å². The van der Waals surface area contributed by atoms with Gasteiger partial charge in [-0.2, -0.15) is 0 Å². The van der Waals surface area contributed by atoms with Gasteiger partial charge in [-0.3, -0.25) is 0 Å². The van der Waals surface area contributed by atoms with Gasteiger partial charge in [0.25, 0.3) is 0 Å². The van der Waals surface area contributed by atoms with Crippen LogP contribution in [0.3, 0.4) is 0 Å². The van der Waals surface area contributed by atoms with Crippen LogP contribution in [0.5, 0.6) is 0 Å². The molecule has 116 valence electrons. The Kier molecular flexibility index (Phi) is 4.13. The normalized spacial score (nSPS) is 34.6. The monoisotopic (exact) mass is 281 g/mol. The summed E-state index contributed by atoms with van der Waals surface area (Å²) in [6.45, 7) is 6.52. The maximum absolute atomic E-state index is 6.16. The van der Waals surface area contributed by atoms with Gasteiger partial charge in [0.2, 0.25) is 0 Å². The van der Waals surface area contributed by atoms with Crippen molar-refractivity contribution in [2.45, 2.75) is 76.5 Å². The zero-order valence-electron chi connectivity index (χ0n) is 13.4. The van der Waals surface area contributed by atoms with E-state index in [0.717, 1.165) is 31.5 Å². The Morgan fingerprint density at radius 2 is 2.00 bits per heavy atom. The molecule has 0 amide bonds. The molecule has 3 aliphatic rings. The highest BCUT2D eigenvalue weighted by Gasteiger charge is 2.51. The topological polar surface area (TPSA) is 30.5 Å². The van der Waals surface area contributed by atoms with Crippen LogP contribution in [0.2, 0.25) is 0 Å². The van der Waals surface area contributed by atoms with Crippen molar-refractivity contribution < 1.29 is 9.47 Å². The number of methoxy groups -OCH3 is 1. The number of hydrogen-bond acceptors (Lipinski definition) is 3. The second-order valence-corrected chi connectivity index (χ2v) is 7.86. The molecule has 1 aliphatic heterocycles. The summed E-state index contributed by atoms with van der Waals surface area (Å²) in [5.74, 6) is 0.837. The van der Waals surface area contributed by atoms with Gasteiger partial charge in [0.05, 0.1) is 11.7 Å². The maximum Gasteiger partial charge on any atom is 0.0672 e. The van der Waals surface area contributed by atoms with Crippen LogP contribution < -0.4 is 5.32 Å². The van der Waals surface area contributed by atoms with E-state index in [-0.39, 0.29) is 5.60 Å². The average Bonchev–Trinajstić information content (AvgIpc) is 3.34. The van der Waals surface area contributed by atoms with Crippen molar-refractivity contribution in [1.29, 1.82) is 0 Å². The van der Waals surface area contributed by atoms with Crippen molar-refractivity contribution >= 4 is 0 Å². The van der Waals surface area contributed by atoms with Crippen LogP contribution in [0.15, 0.2) is 0 Å². The summed E-state index contributed by atoms with van der Waals surface area (Å²) in [5.41, 5.74) is 0.350. The third kappa shape index (κ3) is 3.37. The van der Waals surface area contributed by atoms with Crippen molar-refractivity contribution in [2.75, 3.05) is 20.3 Å². The second kappa shape index (κ2) is 5.58. The lowest BCUT2D eigenvalue weighted by Gasteiger charge is -2.37. The molecule has 3 nitrogen and oxygen atoms in total. The lowest BCUT2D eigenvalue weighted by molar-refractivity contribution is -0.0161. The molecule has 2 aliphatic carbocycles. The zero-order valence-corrected chi connectivity index (χ0v) is 13.4. The first-order valence-electron chi connectivity index (χ1n) is 8.45. The third-order valence-electron chi connectivity index (χ3n) is 5.65. The predicted octanol–water partition coefficient (Wildman–Crippen LogP) is 3.13. The summed E-state index contributed by atoms with van der Waals surface area (Å²) in [7, 11) is 1.83. The third-order valence-corrected chi connectivity index (χ3v) is 5.65. The van der Waals surface area contributed by atoms with E-state index in [1.807, 2.05) is 7.11 Å². The molecule has 0 aromatic rings. The Morgan fingerprint density at radius 1 is 1.25 bits per heavy atom. The van der Waals surface area contributed by atoms with Crippen molar-refractivity contribution in [3.8, 4) is 0 Å². The largest absolute Gasteiger partial charge is 0.379 e. The van der Waals surface area contributed by atoms with E-state index in [1.54, 1.807) is 0 Å². The molecular weight excluding hydrogens is 250 g/mol. The Labute approximate surface area is 123 Å². The first-order valence-corrected chi connectivity index (χ1v) is 8.45. The van der Waals surface area contributed by atoms with Crippen LogP contribution in [-0.4, -0.2) is 38.0 Å². The van der Waals surface area contributed by atoms with Gasteiger partial charge in [-0.05, 0) is 64.7 Å². The highest BCUT2D eigenvalue weighted by atomic mass is 16.5. The van der Waals surface area contributed by atoms with Crippen LogP contribution in [0.1, 0.15) is 58.8 Å². The lowest BCUT2D eigenvalue weighted by atomic mass is 9.73. The highest BCUT2D eigenvalue weighted by Crippen LogP contribution is 2.50. The average molecular weight is 281 g/mol. The van der Waals surface area contributed by atoms with E-state index in [2.05, 4.69) is 19.2 Å². The number of rotatable bonds is 8. The molecular formula is C17H31NO2. The summed E-state index contributed by atoms with van der Waals surface area (Å²) in [6.07, 6.45) is 9.59. The fourth-order valence-corrected chi connectivity index (χ4v) is 3.57. The van der Waals surface area contributed by atoms with Crippen molar-refractivity contribution in [1.82, 2.24) is 5.32 Å². The van der Waals surface area contributed by atoms with Crippen molar-refractivity contribution in [3.63, 3.8) is 0 Å². The molecule has 2 atom stereocenters. The van der Waals surface area contributed by atoms with Crippen molar-refractivity contribution in [2.24, 2.45) is 11.3 Å². The minimum absolute atomic E-state index is 0.0106. The maximum atomic E-state index is 6.16. The van der Waals surface area contributed by atoms with Gasteiger partial charge in [-0.1, -0.05) is 0 Å². The number of hydrogen-bond donors (Lipinski definition) is 1. The summed E-state index contributed by atoms with van der Waals surface area (Å²) < 4.78 is 11.8. The first-order chi connectivity index (χ1) is 9.55. The fourth-order valence-electron chi connectivity index (χ4n) is 3.57. The van der Waals surface area contributed by atoms with Crippen LogP contribution in [0, 0.1) is 11.3 Å². The second-order valence-electron chi connectivity index (χ2n) is 7.86. The molecule has 0 aromatic heterocycles. The molecule has 0 bridgehead atoms. The van der Waals surface area contributed by atoms with E-state index >= 15 is 0 Å². The van der Waals surface area contributed by atoms with Gasteiger partial charge in [-0.25, -0.2) is 0 Å². The van der Waals surface area contributed by atoms with Gasteiger partial charge in [-0.15, -0.1) is 0 Å². The summed E-state index contributed by atoms with van der Waals surface area (Å²) in [6, 6.07) is 0.794. The molecule has 2 saturated carbocycles. The Morgan fingerprint density at radius 3 is 2.60 bits per heavy atom. The molecule has 0 aromatic carbocycles. The van der Waals surface area contributed by atoms with Gasteiger partial charge in [0.15, 0.2) is 0 Å². The number of ether oxygens (including phenoxy) is 2. The Hall–Kier alpha value is -0.120. The van der Waals surface area contributed by atoms with Gasteiger partial charge < -0.3 is 14.8 Å². The van der Waals surface area contributed by atoms with Gasteiger partial charge in [0, 0.05) is 31.7 Å². The first kappa shape index (κ1) is 14.8. The summed E-state index contributed by atoms with van der Waals surface area (Å²) in [4.78, 5) is 0.